The van der Waals surface area contributed by atoms with E-state index in [9.17, 15) is 5.11 Å². The molecule has 1 heterocycles. The zero-order valence-electron chi connectivity index (χ0n) is 13.3. The van der Waals surface area contributed by atoms with E-state index >= 15 is 0 Å². The van der Waals surface area contributed by atoms with Crippen LogP contribution in [0.25, 0.3) is 0 Å². The molecule has 20 heavy (non-hydrogen) atoms. The van der Waals surface area contributed by atoms with Crippen molar-refractivity contribution in [1.82, 2.24) is 10.2 Å². The number of aliphatic hydroxyl groups is 1. The highest BCUT2D eigenvalue weighted by Crippen LogP contribution is 2.41. The molecule has 0 radical (unpaired) electrons. The molecule has 3 fully saturated rings. The Balaban J connectivity index is 1.61. The molecule has 116 valence electrons. The summed E-state index contributed by atoms with van der Waals surface area (Å²) in [6.07, 6.45) is 9.23. The van der Waals surface area contributed by atoms with Crippen LogP contribution in [0.4, 0.5) is 0 Å². The van der Waals surface area contributed by atoms with Gasteiger partial charge < -0.3 is 10.4 Å². The number of hydrogen-bond donors (Lipinski definition) is 2. The molecule has 0 bridgehead atoms. The zero-order valence-corrected chi connectivity index (χ0v) is 13.3. The molecule has 2 saturated carbocycles. The number of nitrogens with zero attached hydrogens (tertiary/aromatic N) is 1. The monoisotopic (exact) mass is 280 g/mol. The number of likely N-dealkylation sites (tertiary alicyclic amines) is 1. The summed E-state index contributed by atoms with van der Waals surface area (Å²) in [6, 6.07) is 0.811. The SMILES string of the molecule is CC1CCCC(CNC2CC2)(CN2CCC(C)(O)C2)C1. The summed E-state index contributed by atoms with van der Waals surface area (Å²) in [4.78, 5) is 2.52. The van der Waals surface area contributed by atoms with Gasteiger partial charge in [0.1, 0.15) is 0 Å². The normalized spacial score (nSPS) is 43.0. The first-order valence-corrected chi connectivity index (χ1v) is 8.65. The smallest absolute Gasteiger partial charge is 0.0758 e. The Morgan fingerprint density at radius 1 is 1.25 bits per heavy atom. The highest BCUT2D eigenvalue weighted by atomic mass is 16.3. The highest BCUT2D eigenvalue weighted by molar-refractivity contribution is 4.95. The zero-order chi connectivity index (χ0) is 14.2. The van der Waals surface area contributed by atoms with Crippen molar-refractivity contribution in [3.05, 3.63) is 0 Å². The molecule has 0 spiro atoms. The topological polar surface area (TPSA) is 35.5 Å². The summed E-state index contributed by atoms with van der Waals surface area (Å²) < 4.78 is 0. The molecule has 3 rings (SSSR count). The molecule has 2 N–H and O–H groups in total. The number of rotatable bonds is 5. The first-order chi connectivity index (χ1) is 9.46. The second-order valence-corrected chi connectivity index (χ2v) is 8.31. The van der Waals surface area contributed by atoms with Crippen LogP contribution in [0.15, 0.2) is 0 Å². The van der Waals surface area contributed by atoms with E-state index in [0.29, 0.717) is 5.41 Å². The van der Waals surface area contributed by atoms with E-state index in [-0.39, 0.29) is 0 Å². The van der Waals surface area contributed by atoms with Gasteiger partial charge in [-0.05, 0) is 50.4 Å². The molecular formula is C17H32N2O. The molecule has 3 unspecified atom stereocenters. The predicted octanol–water partition coefficient (Wildman–Crippen LogP) is 2.39. The number of hydrogen-bond acceptors (Lipinski definition) is 3. The lowest BCUT2D eigenvalue weighted by Crippen LogP contribution is -2.47. The Morgan fingerprint density at radius 3 is 2.65 bits per heavy atom. The molecule has 3 atom stereocenters. The van der Waals surface area contributed by atoms with Crippen LogP contribution in [0.2, 0.25) is 0 Å². The quantitative estimate of drug-likeness (QED) is 0.812. The summed E-state index contributed by atoms with van der Waals surface area (Å²) in [6.45, 7) is 8.74. The molecule has 3 nitrogen and oxygen atoms in total. The van der Waals surface area contributed by atoms with Crippen LogP contribution in [0, 0.1) is 11.3 Å². The largest absolute Gasteiger partial charge is 0.389 e. The van der Waals surface area contributed by atoms with Gasteiger partial charge in [0.15, 0.2) is 0 Å². The first-order valence-electron chi connectivity index (χ1n) is 8.65. The Hall–Kier alpha value is -0.120. The second kappa shape index (κ2) is 5.58. The van der Waals surface area contributed by atoms with Crippen LogP contribution in [0.5, 0.6) is 0 Å². The van der Waals surface area contributed by atoms with Crippen molar-refractivity contribution in [2.75, 3.05) is 26.2 Å². The van der Waals surface area contributed by atoms with Crippen molar-refractivity contribution in [1.29, 1.82) is 0 Å². The summed E-state index contributed by atoms with van der Waals surface area (Å²) in [7, 11) is 0. The first kappa shape index (κ1) is 14.8. The van der Waals surface area contributed by atoms with Gasteiger partial charge in [-0.3, -0.25) is 4.90 Å². The third-order valence-corrected chi connectivity index (χ3v) is 5.62. The van der Waals surface area contributed by atoms with Crippen LogP contribution < -0.4 is 5.32 Å². The fourth-order valence-electron chi connectivity index (χ4n) is 4.43. The maximum Gasteiger partial charge on any atom is 0.0758 e. The van der Waals surface area contributed by atoms with Gasteiger partial charge in [-0.1, -0.05) is 19.8 Å². The van der Waals surface area contributed by atoms with E-state index in [2.05, 4.69) is 17.1 Å². The molecule has 1 saturated heterocycles. The van der Waals surface area contributed by atoms with Crippen molar-refractivity contribution in [2.24, 2.45) is 11.3 Å². The van der Waals surface area contributed by atoms with Crippen molar-refractivity contribution in [3.8, 4) is 0 Å². The van der Waals surface area contributed by atoms with E-state index in [1.54, 1.807) is 0 Å². The van der Waals surface area contributed by atoms with Crippen LogP contribution in [0.1, 0.15) is 58.8 Å². The summed E-state index contributed by atoms with van der Waals surface area (Å²) >= 11 is 0. The van der Waals surface area contributed by atoms with Crippen molar-refractivity contribution < 1.29 is 5.11 Å². The lowest BCUT2D eigenvalue weighted by atomic mass is 9.69. The van der Waals surface area contributed by atoms with E-state index in [1.165, 1.54) is 51.6 Å². The van der Waals surface area contributed by atoms with Crippen LogP contribution >= 0.6 is 0 Å². The van der Waals surface area contributed by atoms with Gasteiger partial charge >= 0.3 is 0 Å². The average molecular weight is 280 g/mol. The predicted molar refractivity (Wildman–Crippen MR) is 82.8 cm³/mol. The van der Waals surface area contributed by atoms with Gasteiger partial charge in [0.2, 0.25) is 0 Å². The molecular weight excluding hydrogens is 248 g/mol. The number of nitrogens with one attached hydrogen (secondary N) is 1. The maximum absolute atomic E-state index is 10.2. The summed E-state index contributed by atoms with van der Waals surface area (Å²) in [5.41, 5.74) is 0.00602. The molecule has 3 aliphatic rings. The molecule has 0 amide bonds. The Kier molecular flexibility index (Phi) is 4.13. The van der Waals surface area contributed by atoms with Crippen LogP contribution in [-0.2, 0) is 0 Å². The molecule has 2 aliphatic carbocycles. The molecule has 1 aliphatic heterocycles. The van der Waals surface area contributed by atoms with Gasteiger partial charge in [-0.15, -0.1) is 0 Å². The van der Waals surface area contributed by atoms with Crippen molar-refractivity contribution in [2.45, 2.75) is 70.4 Å². The van der Waals surface area contributed by atoms with E-state index in [4.69, 9.17) is 0 Å². The Bertz CT molecular complexity index is 340. The van der Waals surface area contributed by atoms with Gasteiger partial charge in [0.05, 0.1) is 5.60 Å². The van der Waals surface area contributed by atoms with Gasteiger partial charge in [-0.2, -0.15) is 0 Å². The fourth-order valence-corrected chi connectivity index (χ4v) is 4.43. The Labute approximate surface area is 124 Å². The van der Waals surface area contributed by atoms with E-state index in [0.717, 1.165) is 31.5 Å². The average Bonchev–Trinajstić information content (AvgIpc) is 3.12. The molecule has 3 heteroatoms. The van der Waals surface area contributed by atoms with Crippen molar-refractivity contribution in [3.63, 3.8) is 0 Å². The fraction of sp³-hybridized carbons (Fsp3) is 1.00. The maximum atomic E-state index is 10.2. The van der Waals surface area contributed by atoms with Gasteiger partial charge in [0, 0.05) is 32.2 Å². The summed E-state index contributed by atoms with van der Waals surface area (Å²) in [5, 5.41) is 14.0. The lowest BCUT2D eigenvalue weighted by molar-refractivity contribution is 0.0482. The third kappa shape index (κ3) is 3.75. The van der Waals surface area contributed by atoms with Crippen LogP contribution in [0.3, 0.4) is 0 Å². The number of β-amino-alcohol motifs (C(OH)–C–C–N with tert-alkyl or cyclic N) is 1. The highest BCUT2D eigenvalue weighted by Gasteiger charge is 2.40. The minimum Gasteiger partial charge on any atom is -0.389 e. The van der Waals surface area contributed by atoms with E-state index < -0.39 is 5.60 Å². The lowest BCUT2D eigenvalue weighted by Gasteiger charge is -2.43. The minimum absolute atomic E-state index is 0.453. The molecule has 0 aromatic carbocycles. The van der Waals surface area contributed by atoms with E-state index in [1.807, 2.05) is 6.92 Å². The van der Waals surface area contributed by atoms with Crippen LogP contribution in [-0.4, -0.2) is 47.8 Å². The third-order valence-electron chi connectivity index (χ3n) is 5.62. The summed E-state index contributed by atoms with van der Waals surface area (Å²) in [5.74, 6) is 0.868. The van der Waals surface area contributed by atoms with Gasteiger partial charge in [-0.25, -0.2) is 0 Å². The second-order valence-electron chi connectivity index (χ2n) is 8.31. The minimum atomic E-state index is -0.453. The molecule has 0 aromatic rings. The Morgan fingerprint density at radius 2 is 2.05 bits per heavy atom. The van der Waals surface area contributed by atoms with Crippen molar-refractivity contribution >= 4 is 0 Å². The van der Waals surface area contributed by atoms with Gasteiger partial charge in [0.25, 0.3) is 0 Å². The standard InChI is InChI=1S/C17H32N2O/c1-14-4-3-7-17(10-14,11-18-15-5-6-15)13-19-9-8-16(2,20)12-19/h14-15,18,20H,3-13H2,1-2H3. The molecule has 0 aromatic heterocycles.